The van der Waals surface area contributed by atoms with Crippen molar-refractivity contribution in [2.24, 2.45) is 0 Å². The molecule has 3 nitrogen and oxygen atoms in total. The second-order valence-corrected chi connectivity index (χ2v) is 6.46. The fraction of sp³-hybridized carbons (Fsp3) is 0. The minimum atomic E-state index is -0.0292. The first-order valence-electron chi connectivity index (χ1n) is 8.88. The number of fused-ring (bicyclic) bond motifs is 4. The number of allylic oxidation sites excluding steroid dienone is 1. The molecule has 2 heterocycles. The van der Waals surface area contributed by atoms with E-state index in [-0.39, 0.29) is 5.56 Å². The third-order valence-corrected chi connectivity index (χ3v) is 4.80. The summed E-state index contributed by atoms with van der Waals surface area (Å²) in [6.45, 7) is 0. The lowest BCUT2D eigenvalue weighted by molar-refractivity contribution is 1.14. The molecule has 0 radical (unpaired) electrons. The molecule has 27 heavy (non-hydrogen) atoms. The topological polar surface area (TPSA) is 34.4 Å². The molecule has 0 N–H and O–H groups in total. The molecule has 0 bridgehead atoms. The Balaban J connectivity index is 1.86. The summed E-state index contributed by atoms with van der Waals surface area (Å²) in [6.07, 6.45) is 6.10. The summed E-state index contributed by atoms with van der Waals surface area (Å²) in [4.78, 5) is 17.9. The normalized spacial score (nSPS) is 12.7. The van der Waals surface area contributed by atoms with Gasteiger partial charge in [0.05, 0.1) is 16.4 Å². The zero-order valence-corrected chi connectivity index (χ0v) is 14.5. The van der Waals surface area contributed by atoms with Crippen LogP contribution in [0.5, 0.6) is 0 Å². The standard InChI is InChI=1S/C24H16N2O/c27-24-20-13-4-6-15-21(20)25-23-19(14-8-11-17-9-2-1-3-10-17)18-12-5-7-16-22(18)26(23)24/h1-16H. The summed E-state index contributed by atoms with van der Waals surface area (Å²) < 4.78 is 1.72. The third kappa shape index (κ3) is 2.52. The van der Waals surface area contributed by atoms with Gasteiger partial charge in [0.2, 0.25) is 0 Å². The second kappa shape index (κ2) is 6.22. The highest BCUT2D eigenvalue weighted by molar-refractivity contribution is 5.91. The Morgan fingerprint density at radius 2 is 1.48 bits per heavy atom. The van der Waals surface area contributed by atoms with Gasteiger partial charge in [0.15, 0.2) is 0 Å². The van der Waals surface area contributed by atoms with Crippen LogP contribution in [0.15, 0.2) is 89.7 Å². The molecule has 0 aliphatic carbocycles. The predicted molar refractivity (Wildman–Crippen MR) is 112 cm³/mol. The van der Waals surface area contributed by atoms with Crippen LogP contribution in [0, 0.1) is 0 Å². The Kier molecular flexibility index (Phi) is 3.58. The number of hydrogen-bond donors (Lipinski definition) is 0. The average molecular weight is 348 g/mol. The van der Waals surface area contributed by atoms with Crippen molar-refractivity contribution in [3.8, 4) is 0 Å². The fourth-order valence-electron chi connectivity index (χ4n) is 3.54. The number of benzene rings is 3. The largest absolute Gasteiger partial charge is 0.268 e. The summed E-state index contributed by atoms with van der Waals surface area (Å²) >= 11 is 0. The third-order valence-electron chi connectivity index (χ3n) is 4.80. The van der Waals surface area contributed by atoms with Gasteiger partial charge in [0, 0.05) is 10.6 Å². The van der Waals surface area contributed by atoms with Crippen LogP contribution < -0.4 is 10.8 Å². The molecule has 3 aromatic carbocycles. The molecule has 0 fully saturated rings. The summed E-state index contributed by atoms with van der Waals surface area (Å²) in [6, 6.07) is 25.6. The fourth-order valence-corrected chi connectivity index (χ4v) is 3.54. The Morgan fingerprint density at radius 3 is 2.33 bits per heavy atom. The van der Waals surface area contributed by atoms with Crippen LogP contribution in [0.3, 0.4) is 0 Å². The monoisotopic (exact) mass is 348 g/mol. The maximum Gasteiger partial charge on any atom is 0.266 e. The van der Waals surface area contributed by atoms with E-state index in [0.29, 0.717) is 11.0 Å². The Hall–Kier alpha value is -3.72. The lowest BCUT2D eigenvalue weighted by atomic mass is 10.2. The molecule has 2 aromatic heterocycles. The zero-order chi connectivity index (χ0) is 18.2. The average Bonchev–Trinajstić information content (AvgIpc) is 3.03. The highest BCUT2D eigenvalue weighted by Gasteiger charge is 2.12. The van der Waals surface area contributed by atoms with Crippen molar-refractivity contribution in [3.63, 3.8) is 0 Å². The van der Waals surface area contributed by atoms with Gasteiger partial charge in [0.25, 0.3) is 5.56 Å². The van der Waals surface area contributed by atoms with Gasteiger partial charge in [-0.3, -0.25) is 9.20 Å². The van der Waals surface area contributed by atoms with Crippen molar-refractivity contribution < 1.29 is 0 Å². The van der Waals surface area contributed by atoms with Gasteiger partial charge in [-0.25, -0.2) is 4.98 Å². The van der Waals surface area contributed by atoms with E-state index in [1.807, 2.05) is 78.9 Å². The van der Waals surface area contributed by atoms with Crippen LogP contribution in [0.4, 0.5) is 0 Å². The molecule has 0 spiro atoms. The van der Waals surface area contributed by atoms with Gasteiger partial charge in [-0.05, 0) is 23.8 Å². The first-order chi connectivity index (χ1) is 13.3. The molecule has 5 aromatic rings. The van der Waals surface area contributed by atoms with Crippen LogP contribution in [0.1, 0.15) is 5.56 Å². The number of nitrogens with zero attached hydrogens (tertiary/aromatic N) is 2. The van der Waals surface area contributed by atoms with Crippen molar-refractivity contribution >= 4 is 39.6 Å². The molecular weight excluding hydrogens is 332 g/mol. The smallest absolute Gasteiger partial charge is 0.266 e. The van der Waals surface area contributed by atoms with Gasteiger partial charge in [0.1, 0.15) is 5.65 Å². The van der Waals surface area contributed by atoms with E-state index in [9.17, 15) is 4.79 Å². The molecule has 0 saturated carbocycles. The summed E-state index contributed by atoms with van der Waals surface area (Å²) in [7, 11) is 0. The molecule has 0 aliphatic rings. The highest BCUT2D eigenvalue weighted by atomic mass is 16.1. The molecule has 0 amide bonds. The lowest BCUT2D eigenvalue weighted by Crippen LogP contribution is -2.16. The zero-order valence-electron chi connectivity index (χ0n) is 14.5. The quantitative estimate of drug-likeness (QED) is 0.479. The minimum absolute atomic E-state index is 0.0292. The van der Waals surface area contributed by atoms with Crippen molar-refractivity contribution in [1.82, 2.24) is 9.38 Å². The number of aromatic nitrogens is 2. The van der Waals surface area contributed by atoms with Crippen LogP contribution in [0.2, 0.25) is 0 Å². The van der Waals surface area contributed by atoms with E-state index >= 15 is 0 Å². The maximum absolute atomic E-state index is 13.1. The van der Waals surface area contributed by atoms with Gasteiger partial charge < -0.3 is 0 Å². The number of para-hydroxylation sites is 2. The molecule has 0 unspecified atom stereocenters. The first kappa shape index (κ1) is 15.5. The van der Waals surface area contributed by atoms with Gasteiger partial charge in [-0.15, -0.1) is 0 Å². The van der Waals surface area contributed by atoms with Gasteiger partial charge >= 0.3 is 0 Å². The van der Waals surface area contributed by atoms with E-state index in [0.717, 1.165) is 27.2 Å². The summed E-state index contributed by atoms with van der Waals surface area (Å²) in [5.41, 5.74) is 3.40. The van der Waals surface area contributed by atoms with Gasteiger partial charge in [-0.2, -0.15) is 0 Å². The molecule has 0 aliphatic heterocycles. The van der Waals surface area contributed by atoms with Crippen molar-refractivity contribution in [3.05, 3.63) is 106 Å². The number of hydrogen-bond acceptors (Lipinski definition) is 2. The Morgan fingerprint density at radius 1 is 0.778 bits per heavy atom. The maximum atomic E-state index is 13.1. The van der Waals surface area contributed by atoms with Crippen LogP contribution in [-0.2, 0) is 0 Å². The second-order valence-electron chi connectivity index (χ2n) is 6.46. The van der Waals surface area contributed by atoms with E-state index in [1.54, 1.807) is 4.40 Å². The van der Waals surface area contributed by atoms with Crippen molar-refractivity contribution in [2.75, 3.05) is 0 Å². The van der Waals surface area contributed by atoms with Crippen LogP contribution in [0.25, 0.3) is 39.6 Å². The SMILES string of the molecule is O=c1c2ccccc2nc2c(=CC=Cc3ccccc3)c3ccccc3n12. The van der Waals surface area contributed by atoms with Crippen LogP contribution >= 0.6 is 0 Å². The van der Waals surface area contributed by atoms with Gasteiger partial charge in [-0.1, -0.05) is 78.9 Å². The molecule has 3 heteroatoms. The molecule has 0 atom stereocenters. The minimum Gasteiger partial charge on any atom is -0.268 e. The van der Waals surface area contributed by atoms with Crippen LogP contribution in [-0.4, -0.2) is 9.38 Å². The first-order valence-corrected chi connectivity index (χ1v) is 8.88. The van der Waals surface area contributed by atoms with E-state index in [1.165, 1.54) is 0 Å². The van der Waals surface area contributed by atoms with Crippen molar-refractivity contribution in [1.29, 1.82) is 0 Å². The highest BCUT2D eigenvalue weighted by Crippen LogP contribution is 2.15. The molecule has 128 valence electrons. The molecule has 5 rings (SSSR count). The Bertz CT molecular complexity index is 1430. The predicted octanol–water partition coefficient (Wildman–Crippen LogP) is 4.21. The summed E-state index contributed by atoms with van der Waals surface area (Å²) in [5.74, 6) is 0. The van der Waals surface area contributed by atoms with Crippen molar-refractivity contribution in [2.45, 2.75) is 0 Å². The summed E-state index contributed by atoms with van der Waals surface area (Å²) in [5, 5.41) is 2.62. The lowest BCUT2D eigenvalue weighted by Gasteiger charge is -1.99. The van der Waals surface area contributed by atoms with E-state index in [4.69, 9.17) is 4.98 Å². The molecular formula is C24H16N2O. The van der Waals surface area contributed by atoms with E-state index < -0.39 is 0 Å². The molecule has 0 saturated heterocycles. The Labute approximate surface area is 155 Å². The van der Waals surface area contributed by atoms with E-state index in [2.05, 4.69) is 18.2 Å². The number of rotatable bonds is 2.